The Balaban J connectivity index is 3.34. The first kappa shape index (κ1) is 10.3. The molecule has 1 N–H and O–H groups in total. The SMILES string of the molecule is CCC(=O)NCC(I)C=S. The van der Waals surface area contributed by atoms with Crippen molar-refractivity contribution >= 4 is 46.1 Å². The number of amides is 1. The Bertz CT molecular complexity index is 129. The highest BCUT2D eigenvalue weighted by Crippen LogP contribution is 1.94. The minimum absolute atomic E-state index is 0.0820. The summed E-state index contributed by atoms with van der Waals surface area (Å²) >= 11 is 6.86. The second kappa shape index (κ2) is 6.03. The van der Waals surface area contributed by atoms with Crippen molar-refractivity contribution in [3.05, 3.63) is 0 Å². The van der Waals surface area contributed by atoms with Crippen LogP contribution >= 0.6 is 34.8 Å². The van der Waals surface area contributed by atoms with Gasteiger partial charge in [0, 0.05) is 13.0 Å². The van der Waals surface area contributed by atoms with E-state index in [1.165, 1.54) is 0 Å². The summed E-state index contributed by atoms with van der Waals surface area (Å²) < 4.78 is 0.267. The first-order valence-corrected chi connectivity index (χ1v) is 4.78. The monoisotopic (exact) mass is 271 g/mol. The largest absolute Gasteiger partial charge is 0.355 e. The fraction of sp³-hybridized carbons (Fsp3) is 0.667. The first-order chi connectivity index (χ1) is 4.70. The minimum atomic E-state index is 0.0820. The number of carbonyl (C=O) groups is 1. The van der Waals surface area contributed by atoms with Crippen LogP contribution < -0.4 is 5.32 Å². The van der Waals surface area contributed by atoms with Gasteiger partial charge in [0.25, 0.3) is 0 Å². The van der Waals surface area contributed by atoms with Gasteiger partial charge < -0.3 is 5.32 Å². The maximum atomic E-state index is 10.7. The van der Waals surface area contributed by atoms with E-state index >= 15 is 0 Å². The molecule has 2 nitrogen and oxygen atoms in total. The summed E-state index contributed by atoms with van der Waals surface area (Å²) in [6.45, 7) is 2.48. The van der Waals surface area contributed by atoms with Gasteiger partial charge in [0.1, 0.15) is 0 Å². The third kappa shape index (κ3) is 5.10. The summed E-state index contributed by atoms with van der Waals surface area (Å²) in [6.07, 6.45) is 0.542. The molecule has 0 aliphatic heterocycles. The molecule has 0 radical (unpaired) electrons. The van der Waals surface area contributed by atoms with E-state index in [0.29, 0.717) is 13.0 Å². The predicted octanol–water partition coefficient (Wildman–Crippen LogP) is 1.32. The van der Waals surface area contributed by atoms with Crippen molar-refractivity contribution in [2.75, 3.05) is 6.54 Å². The molecule has 10 heavy (non-hydrogen) atoms. The third-order valence-corrected chi connectivity index (χ3v) is 2.58. The summed E-state index contributed by atoms with van der Waals surface area (Å²) in [6, 6.07) is 0. The number of carbonyl (C=O) groups excluding carboxylic acids is 1. The summed E-state index contributed by atoms with van der Waals surface area (Å²) in [7, 11) is 0. The first-order valence-electron chi connectivity index (χ1n) is 3.06. The van der Waals surface area contributed by atoms with E-state index in [4.69, 9.17) is 0 Å². The van der Waals surface area contributed by atoms with Gasteiger partial charge in [-0.1, -0.05) is 41.7 Å². The zero-order valence-electron chi connectivity index (χ0n) is 5.76. The lowest BCUT2D eigenvalue weighted by molar-refractivity contribution is -0.120. The van der Waals surface area contributed by atoms with E-state index in [1.54, 1.807) is 5.37 Å². The molecular weight excluding hydrogens is 261 g/mol. The highest BCUT2D eigenvalue weighted by Gasteiger charge is 2.00. The van der Waals surface area contributed by atoms with Crippen LogP contribution in [0, 0.1) is 0 Å². The summed E-state index contributed by atoms with van der Waals surface area (Å²) in [5.74, 6) is 0.0820. The molecule has 4 heteroatoms. The molecule has 0 heterocycles. The predicted molar refractivity (Wildman–Crippen MR) is 54.8 cm³/mol. The average molecular weight is 271 g/mol. The van der Waals surface area contributed by atoms with Crippen LogP contribution in [0.1, 0.15) is 13.3 Å². The number of thiocarbonyl (C=S) groups is 1. The van der Waals surface area contributed by atoms with Crippen molar-refractivity contribution in [3.8, 4) is 0 Å². The number of hydrogen-bond donors (Lipinski definition) is 1. The van der Waals surface area contributed by atoms with Crippen molar-refractivity contribution in [3.63, 3.8) is 0 Å². The van der Waals surface area contributed by atoms with Crippen LogP contribution in [0.2, 0.25) is 0 Å². The van der Waals surface area contributed by atoms with Gasteiger partial charge in [0.15, 0.2) is 0 Å². The van der Waals surface area contributed by atoms with Crippen LogP contribution in [0.25, 0.3) is 0 Å². The molecular formula is C6H10INOS. The minimum Gasteiger partial charge on any atom is -0.355 e. The molecule has 1 unspecified atom stereocenters. The highest BCUT2D eigenvalue weighted by molar-refractivity contribution is 14.1. The fourth-order valence-corrected chi connectivity index (χ4v) is 0.701. The lowest BCUT2D eigenvalue weighted by Crippen LogP contribution is -2.28. The highest BCUT2D eigenvalue weighted by atomic mass is 127. The molecule has 0 rings (SSSR count). The molecule has 0 aliphatic rings. The van der Waals surface area contributed by atoms with Crippen molar-refractivity contribution in [2.45, 2.75) is 17.3 Å². The lowest BCUT2D eigenvalue weighted by atomic mass is 10.4. The van der Waals surface area contributed by atoms with E-state index in [-0.39, 0.29) is 9.83 Å². The van der Waals surface area contributed by atoms with Gasteiger partial charge in [0.05, 0.1) is 3.92 Å². The molecule has 1 atom stereocenters. The second-order valence-corrected chi connectivity index (χ2v) is 3.68. The maximum Gasteiger partial charge on any atom is 0.219 e. The fourth-order valence-electron chi connectivity index (χ4n) is 0.384. The normalized spacial score (nSPS) is 12.2. The smallest absolute Gasteiger partial charge is 0.219 e. The van der Waals surface area contributed by atoms with Crippen molar-refractivity contribution in [2.24, 2.45) is 0 Å². The van der Waals surface area contributed by atoms with Gasteiger partial charge in [-0.2, -0.15) is 0 Å². The molecule has 1 amide bonds. The van der Waals surface area contributed by atoms with Crippen LogP contribution in [0.5, 0.6) is 0 Å². The number of alkyl halides is 1. The van der Waals surface area contributed by atoms with Crippen molar-refractivity contribution in [1.82, 2.24) is 5.32 Å². The van der Waals surface area contributed by atoms with Gasteiger partial charge >= 0.3 is 0 Å². The molecule has 0 saturated heterocycles. The quantitative estimate of drug-likeness (QED) is 0.474. The molecule has 0 fully saturated rings. The summed E-state index contributed by atoms with van der Waals surface area (Å²) in [5, 5.41) is 4.39. The lowest BCUT2D eigenvalue weighted by Gasteiger charge is -2.03. The molecule has 0 aliphatic carbocycles. The van der Waals surface area contributed by atoms with Gasteiger partial charge in [-0.05, 0) is 5.37 Å². The Labute approximate surface area is 79.9 Å². The summed E-state index contributed by atoms with van der Waals surface area (Å²) in [4.78, 5) is 10.7. The number of hydrogen-bond acceptors (Lipinski definition) is 2. The number of nitrogens with one attached hydrogen (secondary N) is 1. The standard InChI is InChI=1S/C6H10INOS/c1-2-6(9)8-3-5(7)4-10/h4-5H,2-3H2,1H3,(H,8,9). The van der Waals surface area contributed by atoms with Crippen LogP contribution in [-0.4, -0.2) is 21.7 Å². The maximum absolute atomic E-state index is 10.7. The molecule has 58 valence electrons. The van der Waals surface area contributed by atoms with Gasteiger partial charge in [-0.15, -0.1) is 0 Å². The summed E-state index contributed by atoms with van der Waals surface area (Å²) in [5.41, 5.74) is 0. The van der Waals surface area contributed by atoms with E-state index in [1.807, 2.05) is 6.92 Å². The van der Waals surface area contributed by atoms with Crippen LogP contribution in [0.15, 0.2) is 0 Å². The van der Waals surface area contributed by atoms with E-state index in [0.717, 1.165) is 0 Å². The Hall–Kier alpha value is 0.290. The number of halogens is 1. The topological polar surface area (TPSA) is 29.1 Å². The van der Waals surface area contributed by atoms with Crippen LogP contribution in [0.4, 0.5) is 0 Å². The molecule has 0 aromatic heterocycles. The van der Waals surface area contributed by atoms with E-state index in [9.17, 15) is 4.79 Å². The third-order valence-electron chi connectivity index (χ3n) is 0.963. The average Bonchev–Trinajstić information content (AvgIpc) is 1.99. The van der Waals surface area contributed by atoms with Crippen LogP contribution in [-0.2, 0) is 4.79 Å². The molecule has 0 spiro atoms. The molecule has 0 aromatic rings. The molecule has 0 aromatic carbocycles. The molecule has 0 saturated carbocycles. The Morgan fingerprint density at radius 1 is 1.90 bits per heavy atom. The van der Waals surface area contributed by atoms with Gasteiger partial charge in [-0.3, -0.25) is 4.79 Å². The molecule has 0 bridgehead atoms. The Morgan fingerprint density at radius 2 is 2.50 bits per heavy atom. The zero-order chi connectivity index (χ0) is 7.98. The number of rotatable bonds is 4. The Kier molecular flexibility index (Phi) is 6.20. The van der Waals surface area contributed by atoms with Crippen LogP contribution in [0.3, 0.4) is 0 Å². The van der Waals surface area contributed by atoms with E-state index < -0.39 is 0 Å². The van der Waals surface area contributed by atoms with Gasteiger partial charge in [-0.25, -0.2) is 0 Å². The second-order valence-electron chi connectivity index (χ2n) is 1.81. The zero-order valence-corrected chi connectivity index (χ0v) is 8.74. The van der Waals surface area contributed by atoms with Crippen molar-refractivity contribution < 1.29 is 4.79 Å². The van der Waals surface area contributed by atoms with Crippen molar-refractivity contribution in [1.29, 1.82) is 0 Å². The van der Waals surface area contributed by atoms with Gasteiger partial charge in [0.2, 0.25) is 5.91 Å². The Morgan fingerprint density at radius 3 is 2.90 bits per heavy atom. The van der Waals surface area contributed by atoms with E-state index in [2.05, 4.69) is 40.1 Å².